The first-order valence-electron chi connectivity index (χ1n) is 13.9. The molecule has 0 aromatic heterocycles. The van der Waals surface area contributed by atoms with E-state index >= 15 is 0 Å². The molecule has 0 rings (SSSR count). The highest BCUT2D eigenvalue weighted by molar-refractivity contribution is 5.75. The molecule has 1 amide bonds. The van der Waals surface area contributed by atoms with E-state index < -0.39 is 6.10 Å². The second-order valence-corrected chi connectivity index (χ2v) is 9.42. The lowest BCUT2D eigenvalue weighted by Gasteiger charge is -2.09. The van der Waals surface area contributed by atoms with Crippen molar-refractivity contribution in [3.05, 3.63) is 0 Å². The van der Waals surface area contributed by atoms with Gasteiger partial charge in [-0.1, -0.05) is 103 Å². The molecule has 0 saturated heterocycles. The quantitative estimate of drug-likeness (QED) is 0.116. The monoisotopic (exact) mass is 470 g/mol. The van der Waals surface area contributed by atoms with Gasteiger partial charge in [0.25, 0.3) is 0 Å². The molecule has 0 heterocycles. The molecule has 6 heteroatoms. The lowest BCUT2D eigenvalue weighted by molar-refractivity contribution is -0.143. The summed E-state index contributed by atoms with van der Waals surface area (Å²) in [7, 11) is 0. The minimum atomic E-state index is -0.639. The Labute approximate surface area is 203 Å². The number of hydrogen-bond donors (Lipinski definition) is 3. The molecule has 0 bridgehead atoms. The van der Waals surface area contributed by atoms with Crippen molar-refractivity contribution < 1.29 is 19.4 Å². The van der Waals surface area contributed by atoms with Gasteiger partial charge in [0.2, 0.25) is 5.91 Å². The van der Waals surface area contributed by atoms with E-state index in [4.69, 9.17) is 10.5 Å². The third-order valence-corrected chi connectivity index (χ3v) is 6.10. The average Bonchev–Trinajstić information content (AvgIpc) is 2.82. The molecule has 1 unspecified atom stereocenters. The predicted octanol–water partition coefficient (Wildman–Crippen LogP) is 5.79. The third kappa shape index (κ3) is 25.3. The zero-order valence-electron chi connectivity index (χ0n) is 21.6. The molecule has 0 aliphatic carbocycles. The molecule has 0 aromatic rings. The van der Waals surface area contributed by atoms with Crippen LogP contribution in [0.4, 0.5) is 0 Å². The summed E-state index contributed by atoms with van der Waals surface area (Å²) in [5.74, 6) is -0.00672. The Balaban J connectivity index is 3.19. The Kier molecular flexibility index (Phi) is 24.6. The van der Waals surface area contributed by atoms with Gasteiger partial charge in [0.05, 0.1) is 12.7 Å². The van der Waals surface area contributed by atoms with Gasteiger partial charge in [-0.2, -0.15) is 0 Å². The zero-order valence-corrected chi connectivity index (χ0v) is 21.6. The van der Waals surface area contributed by atoms with Gasteiger partial charge in [0.1, 0.15) is 0 Å². The maximum atomic E-state index is 11.6. The van der Waals surface area contributed by atoms with Crippen LogP contribution < -0.4 is 11.1 Å². The first-order chi connectivity index (χ1) is 16.1. The first kappa shape index (κ1) is 31.9. The van der Waals surface area contributed by atoms with Crippen LogP contribution in [0.5, 0.6) is 0 Å². The van der Waals surface area contributed by atoms with E-state index in [2.05, 4.69) is 12.2 Å². The number of unbranched alkanes of at least 4 members (excludes halogenated alkanes) is 16. The van der Waals surface area contributed by atoms with Crippen LogP contribution in [0, 0.1) is 0 Å². The second kappa shape index (κ2) is 25.5. The summed E-state index contributed by atoms with van der Waals surface area (Å²) in [4.78, 5) is 23.2. The van der Waals surface area contributed by atoms with E-state index in [1.54, 1.807) is 0 Å². The van der Waals surface area contributed by atoms with E-state index in [9.17, 15) is 14.7 Å². The number of aliphatic hydroxyl groups is 1. The fraction of sp³-hybridized carbons (Fsp3) is 0.926. The van der Waals surface area contributed by atoms with Crippen molar-refractivity contribution in [2.75, 3.05) is 19.7 Å². The highest BCUT2D eigenvalue weighted by Gasteiger charge is 2.05. The van der Waals surface area contributed by atoms with Gasteiger partial charge in [0, 0.05) is 25.9 Å². The summed E-state index contributed by atoms with van der Waals surface area (Å²) in [6.45, 7) is 3.23. The van der Waals surface area contributed by atoms with Crippen LogP contribution in [0.25, 0.3) is 0 Å². The number of amides is 1. The summed E-state index contributed by atoms with van der Waals surface area (Å²) in [5.41, 5.74) is 5.31. The Hall–Kier alpha value is -1.14. The van der Waals surface area contributed by atoms with Crippen LogP contribution in [-0.2, 0) is 14.3 Å². The molecule has 0 fully saturated rings. The first-order valence-corrected chi connectivity index (χ1v) is 13.9. The van der Waals surface area contributed by atoms with Crippen LogP contribution in [0.2, 0.25) is 0 Å². The Bertz CT molecular complexity index is 446. The van der Waals surface area contributed by atoms with Crippen molar-refractivity contribution in [1.29, 1.82) is 0 Å². The largest absolute Gasteiger partial charge is 0.466 e. The van der Waals surface area contributed by atoms with Crippen molar-refractivity contribution >= 4 is 11.9 Å². The maximum Gasteiger partial charge on any atom is 0.305 e. The van der Waals surface area contributed by atoms with Gasteiger partial charge < -0.3 is 20.9 Å². The van der Waals surface area contributed by atoms with Gasteiger partial charge in [-0.15, -0.1) is 0 Å². The molecule has 0 aliphatic heterocycles. The molecule has 1 atom stereocenters. The van der Waals surface area contributed by atoms with E-state index in [0.717, 1.165) is 38.5 Å². The number of rotatable bonds is 25. The summed E-state index contributed by atoms with van der Waals surface area (Å²) in [5, 5.41) is 12.0. The second-order valence-electron chi connectivity index (χ2n) is 9.42. The van der Waals surface area contributed by atoms with Gasteiger partial charge in [0.15, 0.2) is 0 Å². The van der Waals surface area contributed by atoms with Crippen molar-refractivity contribution in [1.82, 2.24) is 5.32 Å². The zero-order chi connectivity index (χ0) is 24.4. The van der Waals surface area contributed by atoms with Gasteiger partial charge in [-0.3, -0.25) is 9.59 Å². The Morgan fingerprint density at radius 2 is 1.18 bits per heavy atom. The highest BCUT2D eigenvalue weighted by Crippen LogP contribution is 2.13. The molecule has 0 saturated carbocycles. The molecule has 4 N–H and O–H groups in total. The predicted molar refractivity (Wildman–Crippen MR) is 137 cm³/mol. The lowest BCUT2D eigenvalue weighted by atomic mass is 10.0. The third-order valence-electron chi connectivity index (χ3n) is 6.10. The fourth-order valence-electron chi connectivity index (χ4n) is 3.87. The van der Waals surface area contributed by atoms with Crippen molar-refractivity contribution in [2.24, 2.45) is 5.73 Å². The van der Waals surface area contributed by atoms with Crippen LogP contribution in [0.3, 0.4) is 0 Å². The van der Waals surface area contributed by atoms with Crippen molar-refractivity contribution in [2.45, 2.75) is 141 Å². The summed E-state index contributed by atoms with van der Waals surface area (Å²) in [6, 6.07) is 0. The van der Waals surface area contributed by atoms with Crippen molar-refractivity contribution in [3.8, 4) is 0 Å². The maximum absolute atomic E-state index is 11.6. The molecular weight excluding hydrogens is 416 g/mol. The number of hydrogen-bond acceptors (Lipinski definition) is 5. The minimum absolute atomic E-state index is 0.0108. The molecular formula is C27H54N2O4. The van der Waals surface area contributed by atoms with Crippen LogP contribution in [0.1, 0.15) is 135 Å². The molecule has 6 nitrogen and oxygen atoms in total. The molecule has 196 valence electrons. The van der Waals surface area contributed by atoms with Gasteiger partial charge in [-0.25, -0.2) is 0 Å². The number of nitrogens with two attached hydrogens (primary N) is 1. The Morgan fingerprint density at radius 3 is 1.70 bits per heavy atom. The fourth-order valence-corrected chi connectivity index (χ4v) is 3.87. The van der Waals surface area contributed by atoms with Crippen LogP contribution in [-0.4, -0.2) is 42.8 Å². The van der Waals surface area contributed by atoms with E-state index in [1.807, 2.05) is 0 Å². The minimum Gasteiger partial charge on any atom is -0.466 e. The van der Waals surface area contributed by atoms with E-state index in [-0.39, 0.29) is 25.0 Å². The number of aliphatic hydroxyl groups excluding tert-OH is 1. The van der Waals surface area contributed by atoms with Crippen molar-refractivity contribution in [3.63, 3.8) is 0 Å². The van der Waals surface area contributed by atoms with E-state index in [1.165, 1.54) is 77.0 Å². The van der Waals surface area contributed by atoms with Crippen LogP contribution in [0.15, 0.2) is 0 Å². The Morgan fingerprint density at radius 1 is 0.727 bits per heavy atom. The summed E-state index contributed by atoms with van der Waals surface area (Å²) in [6.07, 6.45) is 22.1. The number of ether oxygens (including phenoxy) is 1. The molecule has 0 radical (unpaired) electrons. The normalized spacial score (nSPS) is 12.0. The van der Waals surface area contributed by atoms with Crippen LogP contribution >= 0.6 is 0 Å². The number of carbonyl (C=O) groups excluding carboxylic acids is 2. The average molecular weight is 471 g/mol. The highest BCUT2D eigenvalue weighted by atomic mass is 16.5. The number of esters is 1. The molecule has 0 spiro atoms. The molecule has 33 heavy (non-hydrogen) atoms. The SMILES string of the molecule is CCCCCCCC(=O)OCCCCCCCCCCCCCCCC(=O)NCC(O)CN. The topological polar surface area (TPSA) is 102 Å². The summed E-state index contributed by atoms with van der Waals surface area (Å²) >= 11 is 0. The summed E-state index contributed by atoms with van der Waals surface area (Å²) < 4.78 is 5.32. The number of nitrogens with one attached hydrogen (secondary N) is 1. The number of carbonyl (C=O) groups is 2. The smallest absolute Gasteiger partial charge is 0.305 e. The standard InChI is InChI=1S/C27H54N2O4/c1-2-3-4-14-18-21-27(32)33-22-19-16-13-11-9-7-5-6-8-10-12-15-17-20-26(31)29-24-25(30)23-28/h25,30H,2-24,28H2,1H3,(H,29,31). The lowest BCUT2D eigenvalue weighted by Crippen LogP contribution is -2.35. The van der Waals surface area contributed by atoms with Gasteiger partial charge >= 0.3 is 5.97 Å². The molecule has 0 aromatic carbocycles. The van der Waals surface area contributed by atoms with Gasteiger partial charge in [-0.05, 0) is 19.3 Å². The molecule has 0 aliphatic rings. The van der Waals surface area contributed by atoms with E-state index in [0.29, 0.717) is 19.4 Å².